The standard InChI is InChI=1S/C11H12BrN3S/c1-8-4-2-3-5-9(8)6-7-13-11-15-14-10(12)16-11/h2-5H,6-7H2,1H3,(H,13,15). The second-order valence-electron chi connectivity index (χ2n) is 3.46. The highest BCUT2D eigenvalue weighted by molar-refractivity contribution is 9.11. The summed E-state index contributed by atoms with van der Waals surface area (Å²) >= 11 is 4.80. The molecular weight excluding hydrogens is 286 g/mol. The summed E-state index contributed by atoms with van der Waals surface area (Å²) in [6, 6.07) is 8.43. The van der Waals surface area contributed by atoms with Gasteiger partial charge < -0.3 is 5.32 Å². The molecule has 0 fully saturated rings. The third kappa shape index (κ3) is 3.02. The molecule has 0 atom stereocenters. The lowest BCUT2D eigenvalue weighted by Gasteiger charge is -2.05. The van der Waals surface area contributed by atoms with Crippen LogP contribution in [0.5, 0.6) is 0 Å². The molecule has 0 radical (unpaired) electrons. The van der Waals surface area contributed by atoms with E-state index in [9.17, 15) is 0 Å². The minimum atomic E-state index is 0.811. The predicted octanol–water partition coefficient (Wildman–Crippen LogP) is 3.26. The lowest BCUT2D eigenvalue weighted by Crippen LogP contribution is -2.05. The number of halogens is 1. The maximum Gasteiger partial charge on any atom is 0.206 e. The highest BCUT2D eigenvalue weighted by Gasteiger charge is 2.01. The van der Waals surface area contributed by atoms with Crippen LogP contribution in [0.4, 0.5) is 5.13 Å². The number of nitrogens with zero attached hydrogens (tertiary/aromatic N) is 2. The Bertz CT molecular complexity index is 470. The summed E-state index contributed by atoms with van der Waals surface area (Å²) in [4.78, 5) is 0. The molecule has 1 aromatic carbocycles. The summed E-state index contributed by atoms with van der Waals surface area (Å²) in [5, 5.41) is 12.0. The van der Waals surface area contributed by atoms with Gasteiger partial charge in [0.15, 0.2) is 3.92 Å². The van der Waals surface area contributed by atoms with Gasteiger partial charge in [0.1, 0.15) is 0 Å². The first-order chi connectivity index (χ1) is 7.75. The Kier molecular flexibility index (Phi) is 3.90. The molecule has 2 rings (SSSR count). The van der Waals surface area contributed by atoms with Crippen LogP contribution in [-0.2, 0) is 6.42 Å². The number of aromatic nitrogens is 2. The van der Waals surface area contributed by atoms with E-state index in [-0.39, 0.29) is 0 Å². The fourth-order valence-corrected chi connectivity index (χ4v) is 2.51. The number of hydrogen-bond donors (Lipinski definition) is 1. The Labute approximate surface area is 107 Å². The van der Waals surface area contributed by atoms with Crippen molar-refractivity contribution < 1.29 is 0 Å². The van der Waals surface area contributed by atoms with E-state index in [1.807, 2.05) is 0 Å². The van der Waals surface area contributed by atoms with Crippen molar-refractivity contribution in [2.75, 3.05) is 11.9 Å². The van der Waals surface area contributed by atoms with E-state index in [1.54, 1.807) is 0 Å². The molecule has 84 valence electrons. The molecule has 0 unspecified atom stereocenters. The van der Waals surface area contributed by atoms with Crippen molar-refractivity contribution in [1.29, 1.82) is 0 Å². The average molecular weight is 298 g/mol. The highest BCUT2D eigenvalue weighted by Crippen LogP contribution is 2.19. The Hall–Kier alpha value is -0.940. The minimum absolute atomic E-state index is 0.811. The van der Waals surface area contributed by atoms with Crippen molar-refractivity contribution in [2.45, 2.75) is 13.3 Å². The van der Waals surface area contributed by atoms with Crippen molar-refractivity contribution in [3.8, 4) is 0 Å². The Balaban J connectivity index is 1.87. The fourth-order valence-electron chi connectivity index (χ4n) is 1.47. The van der Waals surface area contributed by atoms with Gasteiger partial charge in [-0.2, -0.15) is 0 Å². The zero-order valence-electron chi connectivity index (χ0n) is 8.90. The Morgan fingerprint density at radius 3 is 2.81 bits per heavy atom. The van der Waals surface area contributed by atoms with Crippen molar-refractivity contribution in [3.05, 3.63) is 39.3 Å². The van der Waals surface area contributed by atoms with Crippen LogP contribution in [0.25, 0.3) is 0 Å². The first-order valence-electron chi connectivity index (χ1n) is 5.03. The van der Waals surface area contributed by atoms with Gasteiger partial charge in [0.25, 0.3) is 0 Å². The van der Waals surface area contributed by atoms with E-state index in [0.29, 0.717) is 0 Å². The van der Waals surface area contributed by atoms with Crippen LogP contribution in [0.3, 0.4) is 0 Å². The summed E-state index contributed by atoms with van der Waals surface area (Å²) in [5.41, 5.74) is 2.71. The van der Waals surface area contributed by atoms with Gasteiger partial charge in [-0.15, -0.1) is 10.2 Å². The van der Waals surface area contributed by atoms with Gasteiger partial charge in [0, 0.05) is 6.54 Å². The third-order valence-electron chi connectivity index (χ3n) is 2.33. The number of hydrogen-bond acceptors (Lipinski definition) is 4. The Morgan fingerprint density at radius 1 is 1.31 bits per heavy atom. The van der Waals surface area contributed by atoms with Crippen LogP contribution in [0.2, 0.25) is 0 Å². The molecule has 0 amide bonds. The molecule has 1 N–H and O–H groups in total. The molecule has 0 saturated heterocycles. The first-order valence-corrected chi connectivity index (χ1v) is 6.64. The molecule has 16 heavy (non-hydrogen) atoms. The average Bonchev–Trinajstić information content (AvgIpc) is 2.67. The lowest BCUT2D eigenvalue weighted by molar-refractivity contribution is 0.982. The molecule has 1 aromatic heterocycles. The van der Waals surface area contributed by atoms with Gasteiger partial charge in [-0.1, -0.05) is 35.6 Å². The number of aryl methyl sites for hydroxylation is 1. The van der Waals surface area contributed by atoms with Gasteiger partial charge in [0.2, 0.25) is 5.13 Å². The molecule has 3 nitrogen and oxygen atoms in total. The second-order valence-corrected chi connectivity index (χ2v) is 5.72. The van der Waals surface area contributed by atoms with Crippen molar-refractivity contribution >= 4 is 32.4 Å². The molecule has 0 aliphatic heterocycles. The molecule has 0 bridgehead atoms. The van der Waals surface area contributed by atoms with Crippen LogP contribution < -0.4 is 5.32 Å². The number of anilines is 1. The van der Waals surface area contributed by atoms with E-state index in [2.05, 4.69) is 62.6 Å². The molecule has 0 aliphatic rings. The highest BCUT2D eigenvalue weighted by atomic mass is 79.9. The predicted molar refractivity (Wildman–Crippen MR) is 71.0 cm³/mol. The van der Waals surface area contributed by atoms with Crippen molar-refractivity contribution in [3.63, 3.8) is 0 Å². The van der Waals surface area contributed by atoms with Gasteiger partial charge in [-0.3, -0.25) is 0 Å². The van der Waals surface area contributed by atoms with E-state index >= 15 is 0 Å². The van der Waals surface area contributed by atoms with Crippen molar-refractivity contribution in [1.82, 2.24) is 10.2 Å². The molecule has 0 aliphatic carbocycles. The smallest absolute Gasteiger partial charge is 0.206 e. The molecule has 2 aromatic rings. The lowest BCUT2D eigenvalue weighted by atomic mass is 10.1. The normalized spacial score (nSPS) is 10.4. The summed E-state index contributed by atoms with van der Waals surface area (Å²) in [5.74, 6) is 0. The molecule has 0 spiro atoms. The topological polar surface area (TPSA) is 37.8 Å². The number of benzene rings is 1. The van der Waals surface area contributed by atoms with E-state index in [4.69, 9.17) is 0 Å². The summed E-state index contributed by atoms with van der Waals surface area (Å²) in [7, 11) is 0. The number of nitrogens with one attached hydrogen (secondary N) is 1. The summed E-state index contributed by atoms with van der Waals surface area (Å²) in [6.07, 6.45) is 1.00. The van der Waals surface area contributed by atoms with Crippen molar-refractivity contribution in [2.24, 2.45) is 0 Å². The SMILES string of the molecule is Cc1ccccc1CCNc1nnc(Br)s1. The molecule has 5 heteroatoms. The molecule has 1 heterocycles. The number of rotatable bonds is 4. The fraction of sp³-hybridized carbons (Fsp3) is 0.273. The quantitative estimate of drug-likeness (QED) is 0.941. The van der Waals surface area contributed by atoms with Gasteiger partial charge in [-0.25, -0.2) is 0 Å². The second kappa shape index (κ2) is 5.41. The Morgan fingerprint density at radius 2 is 2.12 bits per heavy atom. The maximum atomic E-state index is 3.98. The summed E-state index contributed by atoms with van der Waals surface area (Å²) < 4.78 is 0.811. The van der Waals surface area contributed by atoms with Crippen LogP contribution in [0.15, 0.2) is 28.2 Å². The third-order valence-corrected chi connectivity index (χ3v) is 3.65. The maximum absolute atomic E-state index is 3.98. The van der Waals surface area contributed by atoms with E-state index in [0.717, 1.165) is 22.0 Å². The monoisotopic (exact) mass is 297 g/mol. The van der Waals surface area contributed by atoms with Crippen LogP contribution >= 0.6 is 27.3 Å². The van der Waals surface area contributed by atoms with E-state index < -0.39 is 0 Å². The van der Waals surface area contributed by atoms with Crippen LogP contribution in [0, 0.1) is 6.92 Å². The molecule has 0 saturated carbocycles. The largest absolute Gasteiger partial charge is 0.360 e. The summed E-state index contributed by atoms with van der Waals surface area (Å²) in [6.45, 7) is 3.02. The van der Waals surface area contributed by atoms with E-state index in [1.165, 1.54) is 22.5 Å². The van der Waals surface area contributed by atoms with Gasteiger partial charge >= 0.3 is 0 Å². The first kappa shape index (κ1) is 11.5. The van der Waals surface area contributed by atoms with Gasteiger partial charge in [-0.05, 0) is 40.4 Å². The minimum Gasteiger partial charge on any atom is -0.360 e. The van der Waals surface area contributed by atoms with Crippen LogP contribution in [0.1, 0.15) is 11.1 Å². The van der Waals surface area contributed by atoms with Crippen LogP contribution in [-0.4, -0.2) is 16.7 Å². The zero-order chi connectivity index (χ0) is 11.4. The zero-order valence-corrected chi connectivity index (χ0v) is 11.3. The molecular formula is C11H12BrN3S. The van der Waals surface area contributed by atoms with Gasteiger partial charge in [0.05, 0.1) is 0 Å².